The number of aliphatic hydroxyl groups is 2. The van der Waals surface area contributed by atoms with E-state index in [1.807, 2.05) is 19.9 Å². The zero-order valence-corrected chi connectivity index (χ0v) is 14.1. The van der Waals surface area contributed by atoms with Gasteiger partial charge in [0.2, 0.25) is 0 Å². The molecule has 0 aromatic heterocycles. The number of rotatable bonds is 5. The van der Waals surface area contributed by atoms with E-state index in [9.17, 15) is 4.79 Å². The molecule has 0 amide bonds. The maximum absolute atomic E-state index is 10.2. The standard InChI is InChI=1S/C10H16O2.C6H10O.CH2O3/c1-9(6-7-11)4-3-5-10(2)8-12;1-5-3-2-4-6(5)7;2-1(3)4/h5-6,8,11H,3-4,7H2,1-2H3;7H,2-4H2,1H3;(H2,2,3,4)/b9-6+,10-5?;;. The fourth-order valence-electron chi connectivity index (χ4n) is 1.71. The van der Waals surface area contributed by atoms with E-state index in [4.69, 9.17) is 25.2 Å². The van der Waals surface area contributed by atoms with Gasteiger partial charge in [-0.3, -0.25) is 4.79 Å². The fourth-order valence-corrected chi connectivity index (χ4v) is 1.71. The highest BCUT2D eigenvalue weighted by Gasteiger charge is 2.06. The fraction of sp³-hybridized carbons (Fsp3) is 0.529. The van der Waals surface area contributed by atoms with E-state index in [1.54, 1.807) is 13.0 Å². The molecule has 0 spiro atoms. The molecule has 4 N–H and O–H groups in total. The molecule has 0 aromatic carbocycles. The number of carbonyl (C=O) groups is 2. The molecule has 23 heavy (non-hydrogen) atoms. The molecule has 1 aliphatic carbocycles. The minimum Gasteiger partial charge on any atom is -0.512 e. The number of carbonyl (C=O) groups excluding carboxylic acids is 1. The first-order valence-electron chi connectivity index (χ1n) is 7.42. The molecule has 132 valence electrons. The molecule has 0 saturated heterocycles. The molecule has 0 bridgehead atoms. The maximum atomic E-state index is 10.2. The summed E-state index contributed by atoms with van der Waals surface area (Å²) in [7, 11) is 0. The Hall–Kier alpha value is -2.08. The van der Waals surface area contributed by atoms with Crippen molar-refractivity contribution < 1.29 is 30.0 Å². The van der Waals surface area contributed by atoms with Gasteiger partial charge in [0.05, 0.1) is 12.4 Å². The third-order valence-corrected chi connectivity index (χ3v) is 3.09. The Morgan fingerprint density at radius 2 is 1.74 bits per heavy atom. The van der Waals surface area contributed by atoms with E-state index in [0.717, 1.165) is 49.5 Å². The predicted octanol–water partition coefficient (Wildman–Crippen LogP) is 4.08. The monoisotopic (exact) mass is 328 g/mol. The summed E-state index contributed by atoms with van der Waals surface area (Å²) < 4.78 is 0. The van der Waals surface area contributed by atoms with E-state index in [0.29, 0.717) is 5.76 Å². The average molecular weight is 328 g/mol. The van der Waals surface area contributed by atoms with Gasteiger partial charge in [-0.25, -0.2) is 4.79 Å². The van der Waals surface area contributed by atoms with Crippen LogP contribution in [0.2, 0.25) is 0 Å². The van der Waals surface area contributed by atoms with E-state index in [2.05, 4.69) is 0 Å². The Morgan fingerprint density at radius 1 is 1.17 bits per heavy atom. The van der Waals surface area contributed by atoms with Crippen molar-refractivity contribution in [2.75, 3.05) is 6.61 Å². The van der Waals surface area contributed by atoms with Crippen molar-refractivity contribution in [3.05, 3.63) is 34.6 Å². The van der Waals surface area contributed by atoms with Crippen LogP contribution in [-0.4, -0.2) is 39.5 Å². The van der Waals surface area contributed by atoms with E-state index >= 15 is 0 Å². The first-order valence-corrected chi connectivity index (χ1v) is 7.42. The van der Waals surface area contributed by atoms with Gasteiger partial charge < -0.3 is 20.4 Å². The average Bonchev–Trinajstić information content (AvgIpc) is 2.83. The highest BCUT2D eigenvalue weighted by molar-refractivity contribution is 5.71. The second kappa shape index (κ2) is 14.8. The lowest BCUT2D eigenvalue weighted by molar-refractivity contribution is -0.104. The van der Waals surface area contributed by atoms with Gasteiger partial charge in [0.15, 0.2) is 0 Å². The summed E-state index contributed by atoms with van der Waals surface area (Å²) in [4.78, 5) is 18.7. The molecule has 1 rings (SSSR count). The van der Waals surface area contributed by atoms with Crippen LogP contribution in [0.15, 0.2) is 34.6 Å². The third-order valence-electron chi connectivity index (χ3n) is 3.09. The molecule has 0 fully saturated rings. The number of aldehydes is 1. The molecule has 0 aromatic rings. The Labute approximate surface area is 137 Å². The van der Waals surface area contributed by atoms with Crippen LogP contribution in [0.4, 0.5) is 4.79 Å². The topological polar surface area (TPSA) is 115 Å². The summed E-state index contributed by atoms with van der Waals surface area (Å²) in [6.45, 7) is 5.85. The molecule has 0 radical (unpaired) electrons. The van der Waals surface area contributed by atoms with Crippen LogP contribution >= 0.6 is 0 Å². The molecule has 0 aliphatic heterocycles. The molecule has 0 unspecified atom stereocenters. The van der Waals surface area contributed by atoms with Gasteiger partial charge in [0, 0.05) is 6.42 Å². The van der Waals surface area contributed by atoms with Gasteiger partial charge in [-0.1, -0.05) is 17.7 Å². The van der Waals surface area contributed by atoms with Gasteiger partial charge in [-0.15, -0.1) is 0 Å². The highest BCUT2D eigenvalue weighted by Crippen LogP contribution is 2.22. The second-order valence-corrected chi connectivity index (χ2v) is 5.20. The van der Waals surface area contributed by atoms with Gasteiger partial charge in [0.25, 0.3) is 0 Å². The van der Waals surface area contributed by atoms with E-state index in [1.165, 1.54) is 5.57 Å². The maximum Gasteiger partial charge on any atom is 0.503 e. The predicted molar refractivity (Wildman–Crippen MR) is 89.7 cm³/mol. The number of carboxylic acid groups (broad SMARTS) is 2. The summed E-state index contributed by atoms with van der Waals surface area (Å²) in [6, 6.07) is 0. The van der Waals surface area contributed by atoms with Gasteiger partial charge in [0.1, 0.15) is 6.29 Å². The summed E-state index contributed by atoms with van der Waals surface area (Å²) in [6.07, 6.45) is 7.64. The quantitative estimate of drug-likeness (QED) is 0.343. The van der Waals surface area contributed by atoms with Gasteiger partial charge in [-0.05, 0) is 57.6 Å². The SMILES string of the molecule is CC(C=O)=CCC/C(C)=C/CO.CC1=C(O)CCC1.O=C(O)O. The molecular formula is C17H28O6. The summed E-state index contributed by atoms with van der Waals surface area (Å²) in [5.74, 6) is 0.625. The Bertz CT molecular complexity index is 430. The highest BCUT2D eigenvalue weighted by atomic mass is 16.6. The molecule has 1 aliphatic rings. The molecule has 0 saturated carbocycles. The van der Waals surface area contributed by atoms with Crippen molar-refractivity contribution in [2.24, 2.45) is 0 Å². The van der Waals surface area contributed by atoms with Gasteiger partial charge in [-0.2, -0.15) is 0 Å². The zero-order valence-electron chi connectivity index (χ0n) is 14.1. The first-order chi connectivity index (χ1) is 10.7. The summed E-state index contributed by atoms with van der Waals surface area (Å²) in [5, 5.41) is 31.4. The van der Waals surface area contributed by atoms with Crippen LogP contribution in [0.5, 0.6) is 0 Å². The molecule has 6 heteroatoms. The van der Waals surface area contributed by atoms with Crippen molar-refractivity contribution in [3.8, 4) is 0 Å². The number of allylic oxidation sites excluding steroid dienone is 5. The van der Waals surface area contributed by atoms with Crippen LogP contribution in [0.1, 0.15) is 52.9 Å². The van der Waals surface area contributed by atoms with Crippen LogP contribution in [0, 0.1) is 0 Å². The van der Waals surface area contributed by atoms with Crippen LogP contribution < -0.4 is 0 Å². The normalized spacial score (nSPS) is 14.4. The van der Waals surface area contributed by atoms with E-state index in [-0.39, 0.29) is 6.61 Å². The van der Waals surface area contributed by atoms with Crippen LogP contribution in [0.25, 0.3) is 0 Å². The molecule has 0 heterocycles. The number of hydrogen-bond acceptors (Lipinski definition) is 4. The van der Waals surface area contributed by atoms with Crippen molar-refractivity contribution in [3.63, 3.8) is 0 Å². The molecule has 6 nitrogen and oxygen atoms in total. The van der Waals surface area contributed by atoms with Crippen LogP contribution in [-0.2, 0) is 4.79 Å². The van der Waals surface area contributed by atoms with E-state index < -0.39 is 6.16 Å². The van der Waals surface area contributed by atoms with Crippen molar-refractivity contribution in [1.82, 2.24) is 0 Å². The van der Waals surface area contributed by atoms with Gasteiger partial charge >= 0.3 is 6.16 Å². The number of hydrogen-bond donors (Lipinski definition) is 4. The van der Waals surface area contributed by atoms with Crippen LogP contribution in [0.3, 0.4) is 0 Å². The zero-order chi connectivity index (χ0) is 18.3. The lowest BCUT2D eigenvalue weighted by atomic mass is 10.1. The minimum absolute atomic E-state index is 0.0994. The Kier molecular flexibility index (Phi) is 15.0. The molecule has 0 atom stereocenters. The summed E-state index contributed by atoms with van der Waals surface area (Å²) in [5.41, 5.74) is 3.11. The third kappa shape index (κ3) is 17.9. The smallest absolute Gasteiger partial charge is 0.503 e. The van der Waals surface area contributed by atoms with Crippen molar-refractivity contribution in [1.29, 1.82) is 0 Å². The second-order valence-electron chi connectivity index (χ2n) is 5.20. The van der Waals surface area contributed by atoms with Crippen molar-refractivity contribution >= 4 is 12.4 Å². The Balaban J connectivity index is 0. The lowest BCUT2D eigenvalue weighted by Crippen LogP contribution is -1.82. The minimum atomic E-state index is -1.83. The largest absolute Gasteiger partial charge is 0.512 e. The number of aliphatic hydroxyl groups excluding tert-OH is 2. The summed E-state index contributed by atoms with van der Waals surface area (Å²) >= 11 is 0. The van der Waals surface area contributed by atoms with Crippen molar-refractivity contribution in [2.45, 2.75) is 52.9 Å². The first kappa shape index (κ1) is 23.2. The Morgan fingerprint density at radius 3 is 2.04 bits per heavy atom. The molecular weight excluding hydrogens is 300 g/mol. The lowest BCUT2D eigenvalue weighted by Gasteiger charge is -1.96.